The third-order valence-corrected chi connectivity index (χ3v) is 4.38. The molecule has 1 aliphatic rings. The molecule has 3 atom stereocenters. The minimum absolute atomic E-state index is 0.0494. The Morgan fingerprint density at radius 1 is 1.46 bits per heavy atom. The Kier molecular flexibility index (Phi) is 6.57. The van der Waals surface area contributed by atoms with Crippen molar-refractivity contribution in [3.05, 3.63) is 34.6 Å². The smallest absolute Gasteiger partial charge is 0.305 e. The van der Waals surface area contributed by atoms with E-state index in [4.69, 9.17) is 21.4 Å². The lowest BCUT2D eigenvalue weighted by atomic mass is 10.0. The van der Waals surface area contributed by atoms with E-state index in [9.17, 15) is 14.0 Å². The molecule has 1 aromatic rings. The average Bonchev–Trinajstić information content (AvgIpc) is 2.92. The number of carbonyl (C=O) groups is 2. The van der Waals surface area contributed by atoms with Crippen LogP contribution in [0.25, 0.3) is 0 Å². The molecule has 132 valence electrons. The van der Waals surface area contributed by atoms with Crippen molar-refractivity contribution >= 4 is 23.5 Å². The Hall–Kier alpha value is -1.66. The number of carboxylic acid groups (broad SMARTS) is 1. The summed E-state index contributed by atoms with van der Waals surface area (Å²) >= 11 is 5.64. The Bertz CT molecular complexity index is 610. The van der Waals surface area contributed by atoms with E-state index >= 15 is 0 Å². The van der Waals surface area contributed by atoms with Crippen LogP contribution in [0.4, 0.5) is 4.39 Å². The van der Waals surface area contributed by atoms with Crippen LogP contribution in [-0.2, 0) is 14.3 Å². The monoisotopic (exact) mass is 357 g/mol. The number of hydrogen-bond donors (Lipinski definition) is 2. The highest BCUT2D eigenvalue weighted by molar-refractivity contribution is 6.30. The first-order valence-electron chi connectivity index (χ1n) is 7.96. The summed E-state index contributed by atoms with van der Waals surface area (Å²) in [6, 6.07) is 3.21. The van der Waals surface area contributed by atoms with Crippen molar-refractivity contribution in [2.75, 3.05) is 0 Å². The Morgan fingerprint density at radius 2 is 2.21 bits per heavy atom. The van der Waals surface area contributed by atoms with E-state index in [1.807, 2.05) is 6.92 Å². The van der Waals surface area contributed by atoms with E-state index in [0.717, 1.165) is 18.9 Å². The minimum atomic E-state index is -1.08. The molecule has 0 saturated carbocycles. The van der Waals surface area contributed by atoms with Crippen LogP contribution in [0.15, 0.2) is 18.2 Å². The number of rotatable bonds is 7. The Balaban J connectivity index is 1.96. The molecule has 1 fully saturated rings. The van der Waals surface area contributed by atoms with Gasteiger partial charge in [0.05, 0.1) is 29.7 Å². The van der Waals surface area contributed by atoms with E-state index < -0.39 is 17.8 Å². The molecule has 5 nitrogen and oxygen atoms in total. The number of nitrogens with one attached hydrogen (secondary N) is 1. The van der Waals surface area contributed by atoms with Crippen molar-refractivity contribution in [3.8, 4) is 0 Å². The summed E-state index contributed by atoms with van der Waals surface area (Å²) in [6.07, 6.45) is 2.69. The molecular formula is C17H21ClFNO4. The lowest BCUT2D eigenvalue weighted by Gasteiger charge is -2.18. The van der Waals surface area contributed by atoms with Crippen molar-refractivity contribution in [2.45, 2.75) is 57.3 Å². The summed E-state index contributed by atoms with van der Waals surface area (Å²) < 4.78 is 19.3. The average molecular weight is 358 g/mol. The predicted molar refractivity (Wildman–Crippen MR) is 87.3 cm³/mol. The molecule has 0 aromatic heterocycles. The van der Waals surface area contributed by atoms with E-state index in [1.54, 1.807) is 0 Å². The summed E-state index contributed by atoms with van der Waals surface area (Å²) in [7, 11) is 0. The second-order valence-electron chi connectivity index (χ2n) is 6.08. The number of amides is 1. The Morgan fingerprint density at radius 3 is 2.79 bits per heavy atom. The van der Waals surface area contributed by atoms with Gasteiger partial charge < -0.3 is 15.2 Å². The quantitative estimate of drug-likeness (QED) is 0.783. The molecule has 24 heavy (non-hydrogen) atoms. The molecule has 1 saturated heterocycles. The van der Waals surface area contributed by atoms with E-state index in [2.05, 4.69) is 5.32 Å². The molecular weight excluding hydrogens is 337 g/mol. The standard InChI is InChI=1S/C17H21ClFNO4/c1-10-2-4-12(24-10)5-7-16(21)20-15(9-17(22)23)11-3-6-13(18)14(19)8-11/h3,6,8,10,12,15H,2,4-5,7,9H2,1H3,(H,20,21)(H,22,23). The topological polar surface area (TPSA) is 75.6 Å². The number of carboxylic acids is 1. The van der Waals surface area contributed by atoms with Gasteiger partial charge in [-0.3, -0.25) is 9.59 Å². The van der Waals surface area contributed by atoms with Gasteiger partial charge in [-0.25, -0.2) is 4.39 Å². The predicted octanol–water partition coefficient (Wildman–Crippen LogP) is 3.46. The maximum absolute atomic E-state index is 13.6. The third-order valence-electron chi connectivity index (χ3n) is 4.07. The van der Waals surface area contributed by atoms with E-state index in [-0.39, 0.29) is 36.0 Å². The fourth-order valence-corrected chi connectivity index (χ4v) is 2.93. The SMILES string of the molecule is CC1CCC(CCC(=O)NC(CC(=O)O)c2ccc(Cl)c(F)c2)O1. The zero-order valence-corrected chi connectivity index (χ0v) is 14.2. The molecule has 0 aliphatic carbocycles. The van der Waals surface area contributed by atoms with Crippen LogP contribution in [-0.4, -0.2) is 29.2 Å². The molecule has 2 rings (SSSR count). The molecule has 1 heterocycles. The number of aliphatic carboxylic acids is 1. The van der Waals surface area contributed by atoms with E-state index in [0.29, 0.717) is 12.0 Å². The van der Waals surface area contributed by atoms with E-state index in [1.165, 1.54) is 12.1 Å². The van der Waals surface area contributed by atoms with Gasteiger partial charge in [0.15, 0.2) is 0 Å². The number of benzene rings is 1. The summed E-state index contributed by atoms with van der Waals surface area (Å²) in [5.41, 5.74) is 0.374. The van der Waals surface area contributed by atoms with Crippen LogP contribution < -0.4 is 5.32 Å². The van der Waals surface area contributed by atoms with Gasteiger partial charge in [-0.15, -0.1) is 0 Å². The summed E-state index contributed by atoms with van der Waals surface area (Å²) in [4.78, 5) is 23.1. The first-order valence-corrected chi connectivity index (χ1v) is 8.34. The highest BCUT2D eigenvalue weighted by Gasteiger charge is 2.24. The molecule has 1 amide bonds. The fraction of sp³-hybridized carbons (Fsp3) is 0.529. The van der Waals surface area contributed by atoms with Gasteiger partial charge in [-0.1, -0.05) is 17.7 Å². The molecule has 7 heteroatoms. The molecule has 1 aliphatic heterocycles. The van der Waals surface area contributed by atoms with Crippen molar-refractivity contribution in [1.29, 1.82) is 0 Å². The van der Waals surface area contributed by atoms with Crippen molar-refractivity contribution in [2.24, 2.45) is 0 Å². The first-order chi connectivity index (χ1) is 11.3. The second kappa shape index (κ2) is 8.44. The normalized spacial score (nSPS) is 21.5. The molecule has 3 unspecified atom stereocenters. The van der Waals surface area contributed by atoms with Crippen LogP contribution in [0.3, 0.4) is 0 Å². The molecule has 2 N–H and O–H groups in total. The summed E-state index contributed by atoms with van der Waals surface area (Å²) in [6.45, 7) is 2.00. The van der Waals surface area contributed by atoms with Crippen LogP contribution in [0.2, 0.25) is 5.02 Å². The summed E-state index contributed by atoms with van der Waals surface area (Å²) in [5, 5.41) is 11.6. The zero-order valence-electron chi connectivity index (χ0n) is 13.4. The van der Waals surface area contributed by atoms with Crippen LogP contribution in [0.1, 0.15) is 50.6 Å². The molecule has 0 radical (unpaired) electrons. The van der Waals surface area contributed by atoms with Crippen LogP contribution >= 0.6 is 11.6 Å². The van der Waals surface area contributed by atoms with Gasteiger partial charge in [-0.05, 0) is 43.9 Å². The fourth-order valence-electron chi connectivity index (χ4n) is 2.81. The highest BCUT2D eigenvalue weighted by Crippen LogP contribution is 2.24. The summed E-state index contributed by atoms with van der Waals surface area (Å²) in [5.74, 6) is -2.00. The van der Waals surface area contributed by atoms with Gasteiger partial charge in [0.1, 0.15) is 5.82 Å². The van der Waals surface area contributed by atoms with Gasteiger partial charge in [0.2, 0.25) is 5.91 Å². The number of ether oxygens (including phenoxy) is 1. The lowest BCUT2D eigenvalue weighted by Crippen LogP contribution is -2.30. The lowest BCUT2D eigenvalue weighted by molar-refractivity contribution is -0.137. The Labute approximate surface area is 145 Å². The van der Waals surface area contributed by atoms with Crippen LogP contribution in [0, 0.1) is 5.82 Å². The zero-order chi connectivity index (χ0) is 17.7. The molecule has 1 aromatic carbocycles. The maximum Gasteiger partial charge on any atom is 0.305 e. The number of halogens is 2. The first kappa shape index (κ1) is 18.7. The molecule has 0 bridgehead atoms. The maximum atomic E-state index is 13.6. The van der Waals surface area contributed by atoms with Crippen LogP contribution in [0.5, 0.6) is 0 Å². The van der Waals surface area contributed by atoms with Gasteiger partial charge in [0.25, 0.3) is 0 Å². The number of hydrogen-bond acceptors (Lipinski definition) is 3. The second-order valence-corrected chi connectivity index (χ2v) is 6.48. The highest BCUT2D eigenvalue weighted by atomic mass is 35.5. The van der Waals surface area contributed by atoms with Crippen molar-refractivity contribution in [3.63, 3.8) is 0 Å². The van der Waals surface area contributed by atoms with Gasteiger partial charge in [-0.2, -0.15) is 0 Å². The third kappa shape index (κ3) is 5.46. The van der Waals surface area contributed by atoms with Crippen molar-refractivity contribution < 1.29 is 23.8 Å². The minimum Gasteiger partial charge on any atom is -0.481 e. The van der Waals surface area contributed by atoms with Gasteiger partial charge in [0, 0.05) is 6.42 Å². The molecule has 0 spiro atoms. The van der Waals surface area contributed by atoms with Crippen molar-refractivity contribution in [1.82, 2.24) is 5.32 Å². The van der Waals surface area contributed by atoms with Gasteiger partial charge >= 0.3 is 5.97 Å². The number of carbonyl (C=O) groups excluding carboxylic acids is 1. The largest absolute Gasteiger partial charge is 0.481 e.